The van der Waals surface area contributed by atoms with Gasteiger partial charge in [-0.2, -0.15) is 23.6 Å². The van der Waals surface area contributed by atoms with Crippen LogP contribution in [0.5, 0.6) is 0 Å². The SMILES string of the molecule is Cn1ncc2cc(N3CCCCC3)c(NC(=O)c3coc(N4CC[C@H](O)C4)n3)cc21.S. The molecule has 1 aromatic carbocycles. The van der Waals surface area contributed by atoms with Crippen LogP contribution in [0.2, 0.25) is 0 Å². The first-order valence-corrected chi connectivity index (χ1v) is 10.5. The fourth-order valence-corrected chi connectivity index (χ4v) is 4.30. The van der Waals surface area contributed by atoms with E-state index in [1.807, 2.05) is 24.2 Å². The molecule has 0 saturated carbocycles. The van der Waals surface area contributed by atoms with Gasteiger partial charge in [0.2, 0.25) is 0 Å². The highest BCUT2D eigenvalue weighted by Crippen LogP contribution is 2.33. The molecule has 0 bridgehead atoms. The van der Waals surface area contributed by atoms with E-state index < -0.39 is 0 Å². The number of nitrogens with zero attached hydrogens (tertiary/aromatic N) is 5. The lowest BCUT2D eigenvalue weighted by molar-refractivity contribution is 0.102. The number of benzene rings is 1. The van der Waals surface area contributed by atoms with Gasteiger partial charge in [0.1, 0.15) is 6.26 Å². The maximum atomic E-state index is 13.0. The van der Waals surface area contributed by atoms with Gasteiger partial charge in [0.25, 0.3) is 11.9 Å². The number of aliphatic hydroxyl groups is 1. The number of rotatable bonds is 4. The number of fused-ring (bicyclic) bond motifs is 1. The van der Waals surface area contributed by atoms with Crippen molar-refractivity contribution in [3.05, 3.63) is 30.3 Å². The number of aliphatic hydroxyl groups excluding tert-OH is 1. The minimum atomic E-state index is -0.383. The molecule has 0 radical (unpaired) electrons. The fraction of sp³-hybridized carbons (Fsp3) is 0.476. The van der Waals surface area contributed by atoms with Crippen LogP contribution in [-0.4, -0.2) is 58.1 Å². The molecule has 10 heteroatoms. The van der Waals surface area contributed by atoms with Gasteiger partial charge >= 0.3 is 0 Å². The number of amides is 1. The summed E-state index contributed by atoms with van der Waals surface area (Å²) in [7, 11) is 1.89. The van der Waals surface area contributed by atoms with E-state index in [0.717, 1.165) is 48.2 Å². The quantitative estimate of drug-likeness (QED) is 0.638. The van der Waals surface area contributed by atoms with Crippen molar-refractivity contribution in [2.45, 2.75) is 31.8 Å². The second-order valence-corrected chi connectivity index (χ2v) is 8.10. The molecule has 4 heterocycles. The van der Waals surface area contributed by atoms with E-state index in [1.165, 1.54) is 12.7 Å². The van der Waals surface area contributed by atoms with Crippen LogP contribution in [0, 0.1) is 0 Å². The number of carbonyl (C=O) groups excluding carboxylic acids is 1. The number of aromatic nitrogens is 3. The molecular formula is C21H28N6O3S. The molecule has 5 rings (SSSR count). The molecule has 0 aliphatic carbocycles. The molecular weight excluding hydrogens is 416 g/mol. The van der Waals surface area contributed by atoms with Gasteiger partial charge in [0.15, 0.2) is 5.69 Å². The zero-order valence-corrected chi connectivity index (χ0v) is 18.5. The Balaban J connectivity index is 0.00000231. The van der Waals surface area contributed by atoms with Crippen molar-refractivity contribution in [1.82, 2.24) is 14.8 Å². The monoisotopic (exact) mass is 444 g/mol. The van der Waals surface area contributed by atoms with Gasteiger partial charge in [-0.1, -0.05) is 0 Å². The molecule has 166 valence electrons. The van der Waals surface area contributed by atoms with E-state index in [-0.39, 0.29) is 31.2 Å². The summed E-state index contributed by atoms with van der Waals surface area (Å²) >= 11 is 0. The second kappa shape index (κ2) is 8.80. The summed E-state index contributed by atoms with van der Waals surface area (Å²) in [6, 6.07) is 4.44. The summed E-state index contributed by atoms with van der Waals surface area (Å²) in [5.74, 6) is -0.315. The maximum Gasteiger partial charge on any atom is 0.298 e. The molecule has 2 aromatic heterocycles. The van der Waals surface area contributed by atoms with Gasteiger partial charge in [-0.15, -0.1) is 0 Å². The Morgan fingerprint density at radius 2 is 2.00 bits per heavy atom. The van der Waals surface area contributed by atoms with E-state index in [1.54, 1.807) is 4.68 Å². The molecule has 9 nitrogen and oxygen atoms in total. The van der Waals surface area contributed by atoms with Crippen LogP contribution in [-0.2, 0) is 7.05 Å². The number of carbonyl (C=O) groups is 1. The van der Waals surface area contributed by atoms with Crippen molar-refractivity contribution in [1.29, 1.82) is 0 Å². The maximum absolute atomic E-state index is 13.0. The molecule has 2 aliphatic heterocycles. The summed E-state index contributed by atoms with van der Waals surface area (Å²) in [5, 5.41) is 18.1. The molecule has 1 atom stereocenters. The minimum absolute atomic E-state index is 0. The number of aryl methyl sites for hydroxylation is 1. The zero-order valence-electron chi connectivity index (χ0n) is 17.5. The Hall–Kier alpha value is -2.72. The van der Waals surface area contributed by atoms with Crippen LogP contribution in [0.4, 0.5) is 17.4 Å². The first kappa shape index (κ1) is 21.5. The van der Waals surface area contributed by atoms with Crippen LogP contribution < -0.4 is 15.1 Å². The fourth-order valence-electron chi connectivity index (χ4n) is 4.30. The van der Waals surface area contributed by atoms with Crippen molar-refractivity contribution < 1.29 is 14.3 Å². The molecule has 1 amide bonds. The van der Waals surface area contributed by atoms with Crippen LogP contribution >= 0.6 is 13.5 Å². The molecule has 2 fully saturated rings. The second-order valence-electron chi connectivity index (χ2n) is 8.10. The largest absolute Gasteiger partial charge is 0.431 e. The predicted octanol–water partition coefficient (Wildman–Crippen LogP) is 2.49. The number of oxazole rings is 1. The van der Waals surface area contributed by atoms with Gasteiger partial charge in [0, 0.05) is 38.6 Å². The number of nitrogens with one attached hydrogen (secondary N) is 1. The number of hydrogen-bond donors (Lipinski definition) is 2. The molecule has 3 aromatic rings. The third-order valence-corrected chi connectivity index (χ3v) is 5.97. The van der Waals surface area contributed by atoms with Crippen LogP contribution in [0.15, 0.2) is 29.0 Å². The van der Waals surface area contributed by atoms with Crippen molar-refractivity contribution in [3.8, 4) is 0 Å². The minimum Gasteiger partial charge on any atom is -0.431 e. The number of piperidine rings is 1. The smallest absolute Gasteiger partial charge is 0.298 e. The Kier molecular flexibility index (Phi) is 6.10. The highest BCUT2D eigenvalue weighted by atomic mass is 32.1. The first-order valence-electron chi connectivity index (χ1n) is 10.5. The van der Waals surface area contributed by atoms with Gasteiger partial charge in [0.05, 0.1) is 29.2 Å². The van der Waals surface area contributed by atoms with Gasteiger partial charge in [-0.05, 0) is 37.8 Å². The van der Waals surface area contributed by atoms with Crippen molar-refractivity contribution in [2.24, 2.45) is 7.05 Å². The lowest BCUT2D eigenvalue weighted by atomic mass is 10.1. The van der Waals surface area contributed by atoms with E-state index in [4.69, 9.17) is 4.42 Å². The van der Waals surface area contributed by atoms with Crippen LogP contribution in [0.1, 0.15) is 36.2 Å². The normalized spacial score (nSPS) is 19.0. The summed E-state index contributed by atoms with van der Waals surface area (Å²) in [6.07, 6.45) is 7.04. The zero-order chi connectivity index (χ0) is 20.7. The average Bonchev–Trinajstić information content (AvgIpc) is 3.49. The van der Waals surface area contributed by atoms with Crippen molar-refractivity contribution >= 4 is 47.7 Å². The number of hydrogen-bond acceptors (Lipinski definition) is 7. The van der Waals surface area contributed by atoms with E-state index >= 15 is 0 Å². The average molecular weight is 445 g/mol. The standard InChI is InChI=1S/C21H26N6O3.H2S/c1-25-18-10-16(19(9-14(18)11-22-25)26-6-3-2-4-7-26)23-20(29)17-13-30-21(24-17)27-8-5-15(28)12-27;/h9-11,13,15,28H,2-8,12H2,1H3,(H,23,29);1H2/t15-;/m0./s1. The predicted molar refractivity (Wildman–Crippen MR) is 124 cm³/mol. The molecule has 0 unspecified atom stereocenters. The van der Waals surface area contributed by atoms with Crippen molar-refractivity contribution in [2.75, 3.05) is 41.3 Å². The summed E-state index contributed by atoms with van der Waals surface area (Å²) in [6.45, 7) is 3.08. The van der Waals surface area contributed by atoms with E-state index in [0.29, 0.717) is 25.5 Å². The molecule has 31 heavy (non-hydrogen) atoms. The highest BCUT2D eigenvalue weighted by Gasteiger charge is 2.26. The third kappa shape index (κ3) is 4.22. The summed E-state index contributed by atoms with van der Waals surface area (Å²) in [5.41, 5.74) is 2.94. The van der Waals surface area contributed by atoms with Gasteiger partial charge < -0.3 is 24.6 Å². The highest BCUT2D eigenvalue weighted by molar-refractivity contribution is 7.59. The Bertz CT molecular complexity index is 1070. The third-order valence-electron chi connectivity index (χ3n) is 5.97. The van der Waals surface area contributed by atoms with Gasteiger partial charge in [-0.25, -0.2) is 0 Å². The number of anilines is 3. The Morgan fingerprint density at radius 3 is 2.74 bits per heavy atom. The Labute approximate surface area is 187 Å². The first-order chi connectivity index (χ1) is 14.6. The van der Waals surface area contributed by atoms with E-state index in [9.17, 15) is 9.90 Å². The van der Waals surface area contributed by atoms with Gasteiger partial charge in [-0.3, -0.25) is 9.48 Å². The molecule has 2 saturated heterocycles. The number of β-amino-alcohol motifs (C(OH)–C–C–N with tert-alkyl or cyclic N) is 1. The molecule has 2 N–H and O–H groups in total. The lowest BCUT2D eigenvalue weighted by Crippen LogP contribution is -2.30. The van der Waals surface area contributed by atoms with E-state index in [2.05, 4.69) is 26.4 Å². The summed E-state index contributed by atoms with van der Waals surface area (Å²) < 4.78 is 7.30. The van der Waals surface area contributed by atoms with Crippen LogP contribution in [0.3, 0.4) is 0 Å². The van der Waals surface area contributed by atoms with Crippen LogP contribution in [0.25, 0.3) is 10.9 Å². The van der Waals surface area contributed by atoms with Crippen molar-refractivity contribution in [3.63, 3.8) is 0 Å². The molecule has 0 spiro atoms. The summed E-state index contributed by atoms with van der Waals surface area (Å²) in [4.78, 5) is 21.5. The Morgan fingerprint density at radius 1 is 1.19 bits per heavy atom. The molecule has 2 aliphatic rings. The topological polar surface area (TPSA) is 99.7 Å². The lowest BCUT2D eigenvalue weighted by Gasteiger charge is -2.30.